The first-order valence-corrected chi connectivity index (χ1v) is 12.5. The van der Waals surface area contributed by atoms with Gasteiger partial charge in [-0.3, -0.25) is 0 Å². The Balaban J connectivity index is 1.57. The molecule has 0 aliphatic heterocycles. The normalized spacial score (nSPS) is 14.3. The van der Waals surface area contributed by atoms with Gasteiger partial charge in [-0.25, -0.2) is 4.79 Å². The van der Waals surface area contributed by atoms with E-state index in [4.69, 9.17) is 9.47 Å². The molecule has 0 unspecified atom stereocenters. The van der Waals surface area contributed by atoms with E-state index in [1.54, 1.807) is 6.92 Å². The molecule has 170 valence electrons. The van der Waals surface area contributed by atoms with E-state index in [1.807, 2.05) is 6.07 Å². The number of aromatic amines is 1. The number of aromatic nitrogens is 4. The van der Waals surface area contributed by atoms with Crippen LogP contribution in [0.25, 0.3) is 21.1 Å². The van der Waals surface area contributed by atoms with Crippen molar-refractivity contribution < 1.29 is 14.3 Å². The van der Waals surface area contributed by atoms with Crippen LogP contribution >= 0.6 is 27.3 Å². The topological polar surface area (TPSA) is 102 Å². The fraction of sp³-hybridized carbons (Fsp3) is 0.455. The summed E-state index contributed by atoms with van der Waals surface area (Å²) in [7, 11) is 0. The van der Waals surface area contributed by atoms with E-state index in [-0.39, 0.29) is 6.61 Å². The summed E-state index contributed by atoms with van der Waals surface area (Å²) >= 11 is 5.15. The fourth-order valence-corrected chi connectivity index (χ4v) is 5.85. The van der Waals surface area contributed by atoms with Gasteiger partial charge in [-0.1, -0.05) is 31.4 Å². The number of nitrogens with one attached hydrogen (secondary N) is 2. The molecular weight excluding hydrogens is 494 g/mol. The molecule has 1 saturated carbocycles. The van der Waals surface area contributed by atoms with E-state index in [0.717, 1.165) is 33.1 Å². The van der Waals surface area contributed by atoms with E-state index in [1.165, 1.54) is 43.4 Å². The molecule has 1 aliphatic carbocycles. The minimum absolute atomic E-state index is 0.198. The molecule has 0 spiro atoms. The molecule has 3 aromatic rings. The molecule has 2 aromatic heterocycles. The smallest absolute Gasteiger partial charge is 0.344 e. The number of tetrazole rings is 1. The molecular formula is C22H26BrN5O3S. The summed E-state index contributed by atoms with van der Waals surface area (Å²) in [4.78, 5) is 13.5. The monoisotopic (exact) mass is 519 g/mol. The number of thiophene rings is 1. The number of carbonyl (C=O) groups excluding carboxylic acids is 1. The number of ether oxygens (including phenoxy) is 2. The molecule has 0 amide bonds. The van der Waals surface area contributed by atoms with E-state index >= 15 is 0 Å². The number of anilines is 1. The SMILES string of the molecule is CCOC(=O)COc1c(-c2nn[nH]n2)sc(-c2cccc(NCC3CCCCC3)c2)c1Br. The van der Waals surface area contributed by atoms with Crippen LogP contribution in [0.4, 0.5) is 5.69 Å². The Morgan fingerprint density at radius 3 is 2.88 bits per heavy atom. The highest BCUT2D eigenvalue weighted by molar-refractivity contribution is 9.10. The van der Waals surface area contributed by atoms with Gasteiger partial charge >= 0.3 is 5.97 Å². The Hall–Kier alpha value is -2.46. The summed E-state index contributed by atoms with van der Waals surface area (Å²) < 4.78 is 11.5. The first-order valence-electron chi connectivity index (χ1n) is 10.8. The Labute approximate surface area is 199 Å². The van der Waals surface area contributed by atoms with Crippen molar-refractivity contribution in [3.05, 3.63) is 28.7 Å². The maximum absolute atomic E-state index is 11.8. The average Bonchev–Trinajstić information content (AvgIpc) is 3.45. The third-order valence-corrected chi connectivity index (χ3v) is 7.68. The molecule has 8 nitrogen and oxygen atoms in total. The van der Waals surface area contributed by atoms with Crippen molar-refractivity contribution in [2.75, 3.05) is 25.1 Å². The van der Waals surface area contributed by atoms with Crippen molar-refractivity contribution in [1.29, 1.82) is 0 Å². The summed E-state index contributed by atoms with van der Waals surface area (Å²) in [6.45, 7) is 2.86. The first kappa shape index (κ1) is 22.7. The molecule has 4 rings (SSSR count). The van der Waals surface area contributed by atoms with Crippen LogP contribution in [-0.2, 0) is 9.53 Å². The lowest BCUT2D eigenvalue weighted by Gasteiger charge is -2.22. The van der Waals surface area contributed by atoms with Crippen molar-refractivity contribution in [3.63, 3.8) is 0 Å². The van der Waals surface area contributed by atoms with Crippen LogP contribution < -0.4 is 10.1 Å². The van der Waals surface area contributed by atoms with Crippen LogP contribution in [0.2, 0.25) is 0 Å². The van der Waals surface area contributed by atoms with E-state index in [2.05, 4.69) is 60.1 Å². The van der Waals surface area contributed by atoms with Gasteiger partial charge in [-0.05, 0) is 64.5 Å². The third kappa shape index (κ3) is 5.47. The predicted molar refractivity (Wildman–Crippen MR) is 128 cm³/mol. The van der Waals surface area contributed by atoms with Gasteiger partial charge in [0.25, 0.3) is 0 Å². The van der Waals surface area contributed by atoms with Gasteiger partial charge in [0, 0.05) is 12.2 Å². The molecule has 1 aromatic carbocycles. The van der Waals surface area contributed by atoms with Crippen LogP contribution in [0, 0.1) is 5.92 Å². The minimum Gasteiger partial charge on any atom is -0.479 e. The maximum atomic E-state index is 11.8. The second kappa shape index (κ2) is 10.9. The van der Waals surface area contributed by atoms with Gasteiger partial charge in [-0.2, -0.15) is 5.21 Å². The zero-order valence-corrected chi connectivity index (χ0v) is 20.3. The lowest BCUT2D eigenvalue weighted by atomic mass is 9.89. The number of hydrogen-bond donors (Lipinski definition) is 2. The number of halogens is 1. The molecule has 0 saturated heterocycles. The molecule has 1 fully saturated rings. The summed E-state index contributed by atoms with van der Waals surface area (Å²) in [5.41, 5.74) is 2.12. The number of nitrogens with zero attached hydrogens (tertiary/aromatic N) is 3. The summed E-state index contributed by atoms with van der Waals surface area (Å²) in [6, 6.07) is 8.32. The quantitative estimate of drug-likeness (QED) is 0.370. The number of carbonyl (C=O) groups is 1. The van der Waals surface area contributed by atoms with Gasteiger partial charge in [0.05, 0.1) is 16.0 Å². The molecule has 0 atom stereocenters. The van der Waals surface area contributed by atoms with E-state index in [9.17, 15) is 4.79 Å². The fourth-order valence-electron chi connectivity index (χ4n) is 3.87. The lowest BCUT2D eigenvalue weighted by molar-refractivity contribution is -0.145. The number of H-pyrrole nitrogens is 1. The van der Waals surface area contributed by atoms with E-state index in [0.29, 0.717) is 23.1 Å². The van der Waals surface area contributed by atoms with Crippen LogP contribution in [0.15, 0.2) is 28.7 Å². The summed E-state index contributed by atoms with van der Waals surface area (Å²) in [5, 5.41) is 17.9. The van der Waals surface area contributed by atoms with Crippen molar-refractivity contribution in [2.24, 2.45) is 5.92 Å². The van der Waals surface area contributed by atoms with Gasteiger partial charge in [-0.15, -0.1) is 21.5 Å². The highest BCUT2D eigenvalue weighted by Gasteiger charge is 2.24. The standard InChI is InChI=1S/C22H26BrN5O3S/c1-2-30-17(29)13-31-19-18(23)20(32-21(19)22-25-27-28-26-22)15-9-6-10-16(11-15)24-12-14-7-4-3-5-8-14/h6,9-11,14,24H,2-5,7-8,12-13H2,1H3,(H,25,26,27,28). The molecule has 0 radical (unpaired) electrons. The molecule has 2 heterocycles. The van der Waals surface area contributed by atoms with Crippen molar-refractivity contribution in [2.45, 2.75) is 39.0 Å². The van der Waals surface area contributed by atoms with Crippen LogP contribution in [0.5, 0.6) is 5.75 Å². The van der Waals surface area contributed by atoms with Crippen molar-refractivity contribution in [3.8, 4) is 26.9 Å². The second-order valence-corrected chi connectivity index (χ2v) is 9.51. The van der Waals surface area contributed by atoms with Crippen LogP contribution in [0.3, 0.4) is 0 Å². The number of hydrogen-bond acceptors (Lipinski definition) is 8. The molecule has 0 bridgehead atoms. The second-order valence-electron chi connectivity index (χ2n) is 7.70. The molecule has 2 N–H and O–H groups in total. The minimum atomic E-state index is -0.430. The van der Waals surface area contributed by atoms with Crippen molar-refractivity contribution >= 4 is 38.9 Å². The maximum Gasteiger partial charge on any atom is 0.344 e. The van der Waals surface area contributed by atoms with Gasteiger partial charge in [0.1, 0.15) is 4.88 Å². The zero-order valence-electron chi connectivity index (χ0n) is 17.9. The molecule has 1 aliphatic rings. The molecule has 10 heteroatoms. The van der Waals surface area contributed by atoms with E-state index < -0.39 is 5.97 Å². The van der Waals surface area contributed by atoms with Gasteiger partial charge < -0.3 is 14.8 Å². The summed E-state index contributed by atoms with van der Waals surface area (Å²) in [5.74, 6) is 1.22. The molecule has 32 heavy (non-hydrogen) atoms. The summed E-state index contributed by atoms with van der Waals surface area (Å²) in [6.07, 6.45) is 6.64. The lowest BCUT2D eigenvalue weighted by Crippen LogP contribution is -2.17. The zero-order chi connectivity index (χ0) is 22.3. The van der Waals surface area contributed by atoms with Crippen LogP contribution in [0.1, 0.15) is 39.0 Å². The average molecular weight is 520 g/mol. The highest BCUT2D eigenvalue weighted by atomic mass is 79.9. The Bertz CT molecular complexity index is 1030. The van der Waals surface area contributed by atoms with Gasteiger partial charge in [0.2, 0.25) is 5.82 Å². The number of esters is 1. The Morgan fingerprint density at radius 2 is 2.12 bits per heavy atom. The van der Waals surface area contributed by atoms with Crippen LogP contribution in [-0.4, -0.2) is 46.4 Å². The predicted octanol–water partition coefficient (Wildman–Crippen LogP) is 5.29. The third-order valence-electron chi connectivity index (χ3n) is 5.44. The Kier molecular flexibility index (Phi) is 7.75. The number of benzene rings is 1. The van der Waals surface area contributed by atoms with Crippen molar-refractivity contribution in [1.82, 2.24) is 20.6 Å². The highest BCUT2D eigenvalue weighted by Crippen LogP contribution is 2.49. The first-order chi connectivity index (χ1) is 15.7. The Morgan fingerprint density at radius 1 is 1.28 bits per heavy atom. The largest absolute Gasteiger partial charge is 0.479 e. The number of rotatable bonds is 9. The van der Waals surface area contributed by atoms with Gasteiger partial charge in [0.15, 0.2) is 12.4 Å².